The van der Waals surface area contributed by atoms with Crippen LogP contribution in [-0.2, 0) is 16.1 Å². The fourth-order valence-corrected chi connectivity index (χ4v) is 3.12. The third-order valence-electron chi connectivity index (χ3n) is 4.58. The lowest BCUT2D eigenvalue weighted by Crippen LogP contribution is -2.34. The fraction of sp³-hybridized carbons (Fsp3) is 0.438. The van der Waals surface area contributed by atoms with Gasteiger partial charge in [-0.2, -0.15) is 13.2 Å². The van der Waals surface area contributed by atoms with Gasteiger partial charge in [-0.3, -0.25) is 14.4 Å². The minimum atomic E-state index is -4.71. The number of hydrogen-bond acceptors (Lipinski definition) is 5. The van der Waals surface area contributed by atoms with E-state index < -0.39 is 48.5 Å². The fourth-order valence-electron chi connectivity index (χ4n) is 3.12. The number of aromatic nitrogens is 3. The number of amides is 1. The first-order valence-corrected chi connectivity index (χ1v) is 8.08. The molecule has 3 rings (SSSR count). The molecule has 0 aliphatic carbocycles. The third-order valence-corrected chi connectivity index (χ3v) is 4.58. The molecule has 1 aliphatic heterocycles. The van der Waals surface area contributed by atoms with Crippen LogP contribution in [0.2, 0.25) is 0 Å². The van der Waals surface area contributed by atoms with E-state index in [0.717, 1.165) is 9.58 Å². The Morgan fingerprint density at radius 3 is 2.56 bits per heavy atom. The van der Waals surface area contributed by atoms with Gasteiger partial charge in [-0.25, -0.2) is 4.68 Å². The van der Waals surface area contributed by atoms with Gasteiger partial charge in [0.2, 0.25) is 5.91 Å². The largest absolute Gasteiger partial charge is 0.481 e. The van der Waals surface area contributed by atoms with Crippen molar-refractivity contribution < 1.29 is 27.9 Å². The van der Waals surface area contributed by atoms with Crippen molar-refractivity contribution in [2.45, 2.75) is 19.1 Å². The number of alkyl halides is 3. The molecule has 1 aromatic heterocycles. The second kappa shape index (κ2) is 6.97. The topological polar surface area (TPSA) is 105 Å². The molecule has 1 N–H and O–H groups in total. The van der Waals surface area contributed by atoms with E-state index in [1.165, 1.54) is 0 Å². The lowest BCUT2D eigenvalue weighted by atomic mass is 9.96. The van der Waals surface area contributed by atoms with Crippen molar-refractivity contribution >= 4 is 22.8 Å². The summed E-state index contributed by atoms with van der Waals surface area (Å²) in [6.07, 6.45) is -5.00. The molecular weight excluding hydrogens is 369 g/mol. The second-order valence-corrected chi connectivity index (χ2v) is 6.28. The monoisotopic (exact) mass is 384 g/mol. The van der Waals surface area contributed by atoms with Crippen molar-refractivity contribution in [3.05, 3.63) is 34.6 Å². The molecule has 8 nitrogen and oxygen atoms in total. The molecule has 1 aliphatic rings. The number of carbonyl (C=O) groups excluding carboxylic acids is 1. The quantitative estimate of drug-likeness (QED) is 0.840. The standard InChI is InChI=1S/C16H15F3N4O4/c17-16(18,19)11-8-22(7-10(11)15(26)27)13(24)5-6-23-14(25)9-3-1-2-4-12(9)20-21-23/h1-4,10-11H,5-8H2,(H,26,27)/t10-,11-/m1/s1. The number of hydrogen-bond donors (Lipinski definition) is 1. The molecular formula is C16H15F3N4O4. The van der Waals surface area contributed by atoms with E-state index in [2.05, 4.69) is 10.3 Å². The van der Waals surface area contributed by atoms with Gasteiger partial charge in [-0.15, -0.1) is 5.10 Å². The minimum Gasteiger partial charge on any atom is -0.481 e. The highest BCUT2D eigenvalue weighted by atomic mass is 19.4. The number of carboxylic acids is 1. The van der Waals surface area contributed by atoms with Gasteiger partial charge in [0.15, 0.2) is 0 Å². The Bertz CT molecular complexity index is 943. The second-order valence-electron chi connectivity index (χ2n) is 6.28. The third kappa shape index (κ3) is 3.76. The highest BCUT2D eigenvalue weighted by Crippen LogP contribution is 2.37. The molecule has 1 fully saturated rings. The Labute approximate surface area is 150 Å². The van der Waals surface area contributed by atoms with Crippen molar-refractivity contribution in [2.24, 2.45) is 11.8 Å². The summed E-state index contributed by atoms with van der Waals surface area (Å²) in [5, 5.41) is 16.9. The number of halogens is 3. The molecule has 2 heterocycles. The predicted octanol–water partition coefficient (Wildman–Crippen LogP) is 0.903. The predicted molar refractivity (Wildman–Crippen MR) is 85.7 cm³/mol. The molecule has 1 amide bonds. The number of nitrogens with zero attached hydrogens (tertiary/aromatic N) is 4. The summed E-state index contributed by atoms with van der Waals surface area (Å²) >= 11 is 0. The molecule has 144 valence electrons. The Hall–Kier alpha value is -2.98. The first-order chi connectivity index (χ1) is 12.7. The van der Waals surface area contributed by atoms with Gasteiger partial charge < -0.3 is 10.0 Å². The molecule has 0 bridgehead atoms. The van der Waals surface area contributed by atoms with Crippen molar-refractivity contribution in [3.8, 4) is 0 Å². The summed E-state index contributed by atoms with van der Waals surface area (Å²) < 4.78 is 39.9. The minimum absolute atomic E-state index is 0.166. The van der Waals surface area contributed by atoms with Crippen LogP contribution < -0.4 is 5.56 Å². The summed E-state index contributed by atoms with van der Waals surface area (Å²) in [6, 6.07) is 6.49. The molecule has 2 aromatic rings. The van der Waals surface area contributed by atoms with Crippen LogP contribution in [0.15, 0.2) is 29.1 Å². The van der Waals surface area contributed by atoms with Crippen LogP contribution >= 0.6 is 0 Å². The molecule has 1 saturated heterocycles. The summed E-state index contributed by atoms with van der Waals surface area (Å²) in [7, 11) is 0. The van der Waals surface area contributed by atoms with Crippen LogP contribution in [0.4, 0.5) is 13.2 Å². The molecule has 0 unspecified atom stereocenters. The van der Waals surface area contributed by atoms with Crippen LogP contribution in [0.5, 0.6) is 0 Å². The summed E-state index contributed by atoms with van der Waals surface area (Å²) in [5.41, 5.74) is -0.0756. The van der Waals surface area contributed by atoms with E-state index in [0.29, 0.717) is 10.9 Å². The Morgan fingerprint density at radius 2 is 1.93 bits per heavy atom. The smallest absolute Gasteiger partial charge is 0.394 e. The molecule has 11 heteroatoms. The highest BCUT2D eigenvalue weighted by Gasteiger charge is 2.53. The van der Waals surface area contributed by atoms with Gasteiger partial charge in [0.25, 0.3) is 5.56 Å². The van der Waals surface area contributed by atoms with E-state index in [4.69, 9.17) is 5.11 Å². The molecule has 0 saturated carbocycles. The van der Waals surface area contributed by atoms with Gasteiger partial charge in [0.1, 0.15) is 5.52 Å². The Kier molecular flexibility index (Phi) is 4.85. The van der Waals surface area contributed by atoms with E-state index >= 15 is 0 Å². The summed E-state index contributed by atoms with van der Waals surface area (Å²) in [4.78, 5) is 36.5. The number of carboxylic acid groups (broad SMARTS) is 1. The number of fused-ring (bicyclic) bond motifs is 1. The van der Waals surface area contributed by atoms with Crippen LogP contribution in [-0.4, -0.2) is 56.1 Å². The molecule has 27 heavy (non-hydrogen) atoms. The van der Waals surface area contributed by atoms with Crippen LogP contribution in [0, 0.1) is 11.8 Å². The van der Waals surface area contributed by atoms with E-state index in [1.54, 1.807) is 24.3 Å². The van der Waals surface area contributed by atoms with E-state index in [-0.39, 0.29) is 13.0 Å². The maximum Gasteiger partial charge on any atom is 0.394 e. The zero-order valence-corrected chi connectivity index (χ0v) is 13.9. The average Bonchev–Trinajstić information content (AvgIpc) is 3.07. The SMILES string of the molecule is O=C(O)[C@@H]1CN(C(=O)CCn2nnc3ccccc3c2=O)C[C@H]1C(F)(F)F. The Morgan fingerprint density at radius 1 is 1.22 bits per heavy atom. The van der Waals surface area contributed by atoms with Crippen LogP contribution in [0.3, 0.4) is 0 Å². The van der Waals surface area contributed by atoms with Crippen LogP contribution in [0.1, 0.15) is 6.42 Å². The number of carbonyl (C=O) groups is 2. The van der Waals surface area contributed by atoms with Crippen LogP contribution in [0.25, 0.3) is 10.9 Å². The Balaban J connectivity index is 1.71. The van der Waals surface area contributed by atoms with Crippen molar-refractivity contribution in [3.63, 3.8) is 0 Å². The molecule has 2 atom stereocenters. The number of likely N-dealkylation sites (tertiary alicyclic amines) is 1. The van der Waals surface area contributed by atoms with Gasteiger partial charge in [-0.1, -0.05) is 17.3 Å². The maximum atomic E-state index is 13.0. The van der Waals surface area contributed by atoms with Crippen molar-refractivity contribution in [2.75, 3.05) is 13.1 Å². The highest BCUT2D eigenvalue weighted by molar-refractivity contribution is 5.79. The van der Waals surface area contributed by atoms with Gasteiger partial charge in [-0.05, 0) is 12.1 Å². The molecule has 0 radical (unpaired) electrons. The van der Waals surface area contributed by atoms with Gasteiger partial charge in [0, 0.05) is 19.5 Å². The van der Waals surface area contributed by atoms with Crippen molar-refractivity contribution in [1.29, 1.82) is 0 Å². The molecule has 1 aromatic carbocycles. The van der Waals surface area contributed by atoms with Gasteiger partial charge >= 0.3 is 12.1 Å². The van der Waals surface area contributed by atoms with E-state index in [9.17, 15) is 27.6 Å². The molecule has 0 spiro atoms. The number of aryl methyl sites for hydroxylation is 1. The summed E-state index contributed by atoms with van der Waals surface area (Å²) in [6.45, 7) is -1.39. The normalized spacial score (nSPS) is 20.2. The zero-order chi connectivity index (χ0) is 19.8. The van der Waals surface area contributed by atoms with Crippen molar-refractivity contribution in [1.82, 2.24) is 19.9 Å². The van der Waals surface area contributed by atoms with Gasteiger partial charge in [0.05, 0.1) is 23.8 Å². The first kappa shape index (κ1) is 18.8. The first-order valence-electron chi connectivity index (χ1n) is 8.08. The number of aliphatic carboxylic acids is 1. The number of rotatable bonds is 4. The van der Waals surface area contributed by atoms with E-state index in [1.807, 2.05) is 0 Å². The lowest BCUT2D eigenvalue weighted by Gasteiger charge is -2.18. The maximum absolute atomic E-state index is 13.0. The average molecular weight is 384 g/mol. The number of benzene rings is 1. The zero-order valence-electron chi connectivity index (χ0n) is 13.9. The summed E-state index contributed by atoms with van der Waals surface area (Å²) in [5.74, 6) is -6.07. The lowest BCUT2D eigenvalue weighted by molar-refractivity contribution is -0.188.